The third kappa shape index (κ3) is 1.59. The van der Waals surface area contributed by atoms with Crippen molar-refractivity contribution in [3.8, 4) is 0 Å². The third-order valence-corrected chi connectivity index (χ3v) is 3.53. The number of nitrogens with two attached hydrogens (primary N) is 1. The smallest absolute Gasteiger partial charge is 0.194 e. The number of fused-ring (bicyclic) bond motifs is 3. The molecular formula is C11H12ClN3S. The molecule has 0 atom stereocenters. The highest BCUT2D eigenvalue weighted by Crippen LogP contribution is 2.26. The first-order chi connectivity index (χ1) is 7.28. The van der Waals surface area contributed by atoms with Crippen LogP contribution in [0.2, 0.25) is 0 Å². The Bertz CT molecular complexity index is 641. The van der Waals surface area contributed by atoms with E-state index >= 15 is 0 Å². The summed E-state index contributed by atoms with van der Waals surface area (Å²) >= 11 is 1.71. The number of rotatable bonds is 1. The van der Waals surface area contributed by atoms with Gasteiger partial charge in [0.25, 0.3) is 0 Å². The molecule has 0 bridgehead atoms. The SMILES string of the molecule is Cc1ccc2c(c1)sc1nc(CN)cn12.Cl. The summed E-state index contributed by atoms with van der Waals surface area (Å²) in [5, 5.41) is 0. The van der Waals surface area contributed by atoms with E-state index in [0.29, 0.717) is 6.54 Å². The fourth-order valence-corrected chi connectivity index (χ4v) is 2.88. The molecule has 3 rings (SSSR count). The zero-order chi connectivity index (χ0) is 10.4. The molecular weight excluding hydrogens is 242 g/mol. The second-order valence-corrected chi connectivity index (χ2v) is 4.67. The molecule has 3 nitrogen and oxygen atoms in total. The largest absolute Gasteiger partial charge is 0.325 e. The van der Waals surface area contributed by atoms with Crippen LogP contribution in [-0.4, -0.2) is 9.38 Å². The van der Waals surface area contributed by atoms with Crippen LogP contribution in [0.1, 0.15) is 11.3 Å². The Labute approximate surface area is 103 Å². The lowest BCUT2D eigenvalue weighted by Gasteiger charge is -1.92. The average Bonchev–Trinajstić information content (AvgIpc) is 2.73. The van der Waals surface area contributed by atoms with Crippen LogP contribution in [0.5, 0.6) is 0 Å². The maximum absolute atomic E-state index is 5.57. The number of hydrogen-bond donors (Lipinski definition) is 1. The van der Waals surface area contributed by atoms with E-state index in [1.165, 1.54) is 15.8 Å². The van der Waals surface area contributed by atoms with Gasteiger partial charge in [0.1, 0.15) is 0 Å². The number of nitrogens with zero attached hydrogens (tertiary/aromatic N) is 2. The van der Waals surface area contributed by atoms with Crippen LogP contribution in [0.3, 0.4) is 0 Å². The van der Waals surface area contributed by atoms with E-state index in [1.54, 1.807) is 11.3 Å². The molecule has 3 aromatic rings. The van der Waals surface area contributed by atoms with Crippen molar-refractivity contribution >= 4 is 38.9 Å². The lowest BCUT2D eigenvalue weighted by atomic mass is 10.2. The van der Waals surface area contributed by atoms with E-state index in [4.69, 9.17) is 5.73 Å². The Morgan fingerprint density at radius 3 is 3.00 bits per heavy atom. The molecule has 1 aromatic carbocycles. The van der Waals surface area contributed by atoms with E-state index in [-0.39, 0.29) is 12.4 Å². The van der Waals surface area contributed by atoms with Crippen molar-refractivity contribution in [1.82, 2.24) is 9.38 Å². The van der Waals surface area contributed by atoms with Gasteiger partial charge >= 0.3 is 0 Å². The summed E-state index contributed by atoms with van der Waals surface area (Å²) in [6.45, 7) is 2.61. The molecule has 2 heterocycles. The van der Waals surface area contributed by atoms with Crippen LogP contribution in [0, 0.1) is 6.92 Å². The Hall–Kier alpha value is -1.10. The highest BCUT2D eigenvalue weighted by Gasteiger charge is 2.07. The number of thiazole rings is 1. The molecule has 0 fully saturated rings. The second-order valence-electron chi connectivity index (χ2n) is 3.66. The van der Waals surface area contributed by atoms with Crippen molar-refractivity contribution in [2.45, 2.75) is 13.5 Å². The van der Waals surface area contributed by atoms with Crippen molar-refractivity contribution in [3.05, 3.63) is 35.7 Å². The van der Waals surface area contributed by atoms with Crippen LogP contribution in [0.25, 0.3) is 15.2 Å². The lowest BCUT2D eigenvalue weighted by Crippen LogP contribution is -1.95. The fourth-order valence-electron chi connectivity index (χ4n) is 1.75. The Morgan fingerprint density at radius 2 is 2.25 bits per heavy atom. The molecule has 5 heteroatoms. The van der Waals surface area contributed by atoms with Crippen LogP contribution in [-0.2, 0) is 6.54 Å². The molecule has 0 aliphatic heterocycles. The van der Waals surface area contributed by atoms with Gasteiger partial charge in [-0.1, -0.05) is 17.4 Å². The van der Waals surface area contributed by atoms with Gasteiger partial charge in [0.2, 0.25) is 0 Å². The molecule has 0 radical (unpaired) electrons. The summed E-state index contributed by atoms with van der Waals surface area (Å²) in [5.74, 6) is 0. The molecule has 0 spiro atoms. The number of benzene rings is 1. The van der Waals surface area contributed by atoms with Gasteiger partial charge in [-0.25, -0.2) is 4.98 Å². The van der Waals surface area contributed by atoms with Gasteiger partial charge in [-0.05, 0) is 24.6 Å². The van der Waals surface area contributed by atoms with Crippen molar-refractivity contribution < 1.29 is 0 Å². The molecule has 0 aliphatic carbocycles. The van der Waals surface area contributed by atoms with Gasteiger partial charge in [0, 0.05) is 12.7 Å². The van der Waals surface area contributed by atoms with Gasteiger partial charge in [0.05, 0.1) is 15.9 Å². The van der Waals surface area contributed by atoms with Crippen LogP contribution in [0.15, 0.2) is 24.4 Å². The van der Waals surface area contributed by atoms with Gasteiger partial charge in [-0.3, -0.25) is 4.40 Å². The summed E-state index contributed by atoms with van der Waals surface area (Å²) in [4.78, 5) is 5.48. The predicted octanol–water partition coefficient (Wildman–Crippen LogP) is 2.74. The normalized spacial score (nSPS) is 10.9. The van der Waals surface area contributed by atoms with Crippen LogP contribution < -0.4 is 5.73 Å². The number of aromatic nitrogens is 2. The maximum atomic E-state index is 5.57. The number of imidazole rings is 1. The van der Waals surface area contributed by atoms with E-state index in [2.05, 4.69) is 34.5 Å². The highest BCUT2D eigenvalue weighted by atomic mass is 35.5. The van der Waals surface area contributed by atoms with E-state index in [0.717, 1.165) is 10.7 Å². The van der Waals surface area contributed by atoms with E-state index in [9.17, 15) is 0 Å². The fraction of sp³-hybridized carbons (Fsp3) is 0.182. The molecule has 84 valence electrons. The zero-order valence-electron chi connectivity index (χ0n) is 8.80. The summed E-state index contributed by atoms with van der Waals surface area (Å²) in [7, 11) is 0. The molecule has 0 saturated carbocycles. The number of hydrogen-bond acceptors (Lipinski definition) is 3. The maximum Gasteiger partial charge on any atom is 0.194 e. The lowest BCUT2D eigenvalue weighted by molar-refractivity contribution is 1.02. The molecule has 2 N–H and O–H groups in total. The van der Waals surface area contributed by atoms with Gasteiger partial charge in [-0.2, -0.15) is 0 Å². The minimum Gasteiger partial charge on any atom is -0.325 e. The Kier molecular flexibility index (Phi) is 2.88. The summed E-state index contributed by atoms with van der Waals surface area (Å²) < 4.78 is 3.39. The summed E-state index contributed by atoms with van der Waals surface area (Å²) in [6, 6.07) is 6.45. The molecule has 16 heavy (non-hydrogen) atoms. The van der Waals surface area contributed by atoms with Gasteiger partial charge < -0.3 is 5.73 Å². The molecule has 0 amide bonds. The van der Waals surface area contributed by atoms with Gasteiger partial charge in [0.15, 0.2) is 4.96 Å². The van der Waals surface area contributed by atoms with E-state index < -0.39 is 0 Å². The molecule has 0 saturated heterocycles. The number of aryl methyl sites for hydroxylation is 1. The molecule has 2 aromatic heterocycles. The van der Waals surface area contributed by atoms with E-state index in [1.807, 2.05) is 6.20 Å². The van der Waals surface area contributed by atoms with Crippen LogP contribution in [0.4, 0.5) is 0 Å². The Morgan fingerprint density at radius 1 is 1.44 bits per heavy atom. The van der Waals surface area contributed by atoms with Crippen molar-refractivity contribution in [1.29, 1.82) is 0 Å². The first-order valence-electron chi connectivity index (χ1n) is 4.85. The van der Waals surface area contributed by atoms with Crippen molar-refractivity contribution in [3.63, 3.8) is 0 Å². The van der Waals surface area contributed by atoms with Gasteiger partial charge in [-0.15, -0.1) is 12.4 Å². The predicted molar refractivity (Wildman–Crippen MR) is 70.5 cm³/mol. The Balaban J connectivity index is 0.000000963. The highest BCUT2D eigenvalue weighted by molar-refractivity contribution is 7.23. The first kappa shape index (κ1) is 11.4. The monoisotopic (exact) mass is 253 g/mol. The average molecular weight is 254 g/mol. The zero-order valence-corrected chi connectivity index (χ0v) is 10.4. The second kappa shape index (κ2) is 4.05. The third-order valence-electron chi connectivity index (χ3n) is 2.51. The minimum absolute atomic E-state index is 0. The summed E-state index contributed by atoms with van der Waals surface area (Å²) in [5.41, 5.74) is 9.02. The quantitative estimate of drug-likeness (QED) is 0.725. The standard InChI is InChI=1S/C11H11N3S.ClH/c1-7-2-3-9-10(4-7)15-11-13-8(5-12)6-14(9)11;/h2-4,6H,5,12H2,1H3;1H. The first-order valence-corrected chi connectivity index (χ1v) is 5.67. The molecule has 0 unspecified atom stereocenters. The van der Waals surface area contributed by atoms with Crippen molar-refractivity contribution in [2.75, 3.05) is 0 Å². The van der Waals surface area contributed by atoms with Crippen LogP contribution >= 0.6 is 23.7 Å². The number of halogens is 1. The minimum atomic E-state index is 0. The summed E-state index contributed by atoms with van der Waals surface area (Å²) in [6.07, 6.45) is 2.02. The molecule has 0 aliphatic rings. The van der Waals surface area contributed by atoms with Crippen molar-refractivity contribution in [2.24, 2.45) is 5.73 Å². The topological polar surface area (TPSA) is 43.3 Å².